The van der Waals surface area contributed by atoms with Gasteiger partial charge in [-0.1, -0.05) is 6.92 Å². The van der Waals surface area contributed by atoms with E-state index < -0.39 is 0 Å². The van der Waals surface area contributed by atoms with Crippen molar-refractivity contribution >= 4 is 6.29 Å². The van der Waals surface area contributed by atoms with E-state index >= 15 is 0 Å². The largest absolute Gasteiger partial charge is 0.296 e. The molecular formula is C10H14N2O. The highest BCUT2D eigenvalue weighted by molar-refractivity contribution is 5.71. The molecule has 0 radical (unpaired) electrons. The Labute approximate surface area is 77.7 Å². The summed E-state index contributed by atoms with van der Waals surface area (Å²) in [5.74, 6) is 0. The molecule has 0 spiro atoms. The van der Waals surface area contributed by atoms with Gasteiger partial charge in [-0.25, -0.2) is 0 Å². The lowest BCUT2D eigenvalue weighted by molar-refractivity contribution is 0.111. The van der Waals surface area contributed by atoms with Crippen molar-refractivity contribution < 1.29 is 4.79 Å². The highest BCUT2D eigenvalue weighted by Gasteiger charge is 2.22. The molecule has 0 aliphatic heterocycles. The van der Waals surface area contributed by atoms with Gasteiger partial charge in [0.05, 0.1) is 6.04 Å². The Kier molecular flexibility index (Phi) is 2.17. The van der Waals surface area contributed by atoms with Crippen LogP contribution in [-0.2, 0) is 6.42 Å². The number of hydrogen-bond acceptors (Lipinski definition) is 2. The number of aromatic nitrogens is 2. The highest BCUT2D eigenvalue weighted by atomic mass is 16.1. The Hall–Kier alpha value is -1.12. The summed E-state index contributed by atoms with van der Waals surface area (Å²) in [6, 6.07) is 2.45. The molecule has 1 aromatic rings. The van der Waals surface area contributed by atoms with Crippen molar-refractivity contribution in [2.75, 3.05) is 0 Å². The summed E-state index contributed by atoms with van der Waals surface area (Å²) in [6.07, 6.45) is 5.51. The average Bonchev–Trinajstić information content (AvgIpc) is 2.45. The number of nitrogens with zero attached hydrogens (tertiary/aromatic N) is 2. The lowest BCUT2D eigenvalue weighted by Gasteiger charge is -2.27. The molecule has 0 unspecified atom stereocenters. The first kappa shape index (κ1) is 8.48. The molecule has 13 heavy (non-hydrogen) atoms. The summed E-state index contributed by atoms with van der Waals surface area (Å²) in [5, 5.41) is 4.27. The molecule has 1 aromatic heterocycles. The minimum absolute atomic E-state index is 0.559. The normalized spacial score (nSPS) is 17.0. The smallest absolute Gasteiger partial charge is 0.170 e. The molecule has 70 valence electrons. The number of aryl methyl sites for hydroxylation is 1. The Bertz CT molecular complexity index is 313. The Morgan fingerprint density at radius 1 is 1.69 bits per heavy atom. The lowest BCUT2D eigenvalue weighted by Crippen LogP contribution is -2.20. The van der Waals surface area contributed by atoms with E-state index in [9.17, 15) is 4.79 Å². The van der Waals surface area contributed by atoms with Gasteiger partial charge in [0.2, 0.25) is 0 Å². The van der Waals surface area contributed by atoms with Gasteiger partial charge in [-0.2, -0.15) is 5.10 Å². The van der Waals surface area contributed by atoms with Crippen LogP contribution in [0.25, 0.3) is 0 Å². The molecule has 1 fully saturated rings. The maximum absolute atomic E-state index is 10.5. The van der Waals surface area contributed by atoms with Crippen molar-refractivity contribution in [3.8, 4) is 0 Å². The van der Waals surface area contributed by atoms with Gasteiger partial charge >= 0.3 is 0 Å². The van der Waals surface area contributed by atoms with E-state index in [1.54, 1.807) is 0 Å². The fourth-order valence-corrected chi connectivity index (χ4v) is 1.72. The van der Waals surface area contributed by atoms with E-state index in [1.807, 2.05) is 10.7 Å². The van der Waals surface area contributed by atoms with Gasteiger partial charge in [-0.05, 0) is 31.7 Å². The molecule has 1 heterocycles. The highest BCUT2D eigenvalue weighted by Crippen LogP contribution is 2.32. The molecule has 1 saturated carbocycles. The number of carbonyl (C=O) groups is 1. The fourth-order valence-electron chi connectivity index (χ4n) is 1.72. The average molecular weight is 178 g/mol. The van der Waals surface area contributed by atoms with Crippen LogP contribution in [0.1, 0.15) is 48.4 Å². The number of hydrogen-bond donors (Lipinski definition) is 0. The number of rotatable bonds is 3. The minimum atomic E-state index is 0.559. The van der Waals surface area contributed by atoms with Crippen LogP contribution in [-0.4, -0.2) is 16.1 Å². The number of carbonyl (C=O) groups excluding carboxylic acids is 1. The van der Waals surface area contributed by atoms with Crippen LogP contribution in [0.4, 0.5) is 0 Å². The van der Waals surface area contributed by atoms with Crippen molar-refractivity contribution in [1.82, 2.24) is 9.78 Å². The third kappa shape index (κ3) is 1.39. The Balaban J connectivity index is 2.30. The quantitative estimate of drug-likeness (QED) is 0.663. The van der Waals surface area contributed by atoms with E-state index in [2.05, 4.69) is 12.0 Å². The first-order chi connectivity index (χ1) is 6.35. The monoisotopic (exact) mass is 178 g/mol. The molecule has 0 aromatic carbocycles. The molecule has 0 N–H and O–H groups in total. The summed E-state index contributed by atoms with van der Waals surface area (Å²) in [5.41, 5.74) is 1.76. The third-order valence-corrected chi connectivity index (χ3v) is 2.74. The van der Waals surface area contributed by atoms with Crippen molar-refractivity contribution in [3.05, 3.63) is 17.5 Å². The van der Waals surface area contributed by atoms with E-state index in [1.165, 1.54) is 25.0 Å². The van der Waals surface area contributed by atoms with Gasteiger partial charge < -0.3 is 0 Å². The van der Waals surface area contributed by atoms with Gasteiger partial charge in [0, 0.05) is 5.69 Å². The Morgan fingerprint density at radius 2 is 2.46 bits per heavy atom. The molecule has 0 bridgehead atoms. The van der Waals surface area contributed by atoms with Gasteiger partial charge in [-0.15, -0.1) is 0 Å². The maximum Gasteiger partial charge on any atom is 0.170 e. The number of aldehydes is 1. The summed E-state index contributed by atoms with van der Waals surface area (Å²) in [7, 11) is 0. The predicted octanol–water partition coefficient (Wildman–Crippen LogP) is 1.98. The second kappa shape index (κ2) is 3.32. The SMILES string of the molecule is CCc1cc(C=O)nn1C1CCC1. The van der Waals surface area contributed by atoms with Crippen LogP contribution in [0.15, 0.2) is 6.07 Å². The van der Waals surface area contributed by atoms with Gasteiger partial charge in [0.25, 0.3) is 0 Å². The first-order valence-electron chi connectivity index (χ1n) is 4.88. The van der Waals surface area contributed by atoms with Crippen molar-refractivity contribution in [2.45, 2.75) is 38.6 Å². The first-order valence-corrected chi connectivity index (χ1v) is 4.88. The topological polar surface area (TPSA) is 34.9 Å². The van der Waals surface area contributed by atoms with E-state index in [0.29, 0.717) is 11.7 Å². The summed E-state index contributed by atoms with van der Waals surface area (Å²) in [4.78, 5) is 10.5. The van der Waals surface area contributed by atoms with Crippen LogP contribution in [0.5, 0.6) is 0 Å². The molecule has 2 rings (SSSR count). The summed E-state index contributed by atoms with van der Waals surface area (Å²) >= 11 is 0. The molecular weight excluding hydrogens is 164 g/mol. The van der Waals surface area contributed by atoms with Gasteiger partial charge in [0.1, 0.15) is 5.69 Å². The van der Waals surface area contributed by atoms with E-state index in [0.717, 1.165) is 12.7 Å². The van der Waals surface area contributed by atoms with Crippen LogP contribution in [0.3, 0.4) is 0 Å². The summed E-state index contributed by atoms with van der Waals surface area (Å²) in [6.45, 7) is 2.10. The van der Waals surface area contributed by atoms with Crippen LogP contribution < -0.4 is 0 Å². The second-order valence-corrected chi connectivity index (χ2v) is 3.56. The van der Waals surface area contributed by atoms with Crippen molar-refractivity contribution in [1.29, 1.82) is 0 Å². The van der Waals surface area contributed by atoms with Crippen molar-refractivity contribution in [2.24, 2.45) is 0 Å². The zero-order valence-electron chi connectivity index (χ0n) is 7.86. The van der Waals surface area contributed by atoms with Gasteiger partial charge in [0.15, 0.2) is 6.29 Å². The predicted molar refractivity (Wildman–Crippen MR) is 49.9 cm³/mol. The molecule has 3 nitrogen and oxygen atoms in total. The second-order valence-electron chi connectivity index (χ2n) is 3.56. The van der Waals surface area contributed by atoms with E-state index in [4.69, 9.17) is 0 Å². The fraction of sp³-hybridized carbons (Fsp3) is 0.600. The summed E-state index contributed by atoms with van der Waals surface area (Å²) < 4.78 is 2.03. The van der Waals surface area contributed by atoms with E-state index in [-0.39, 0.29) is 0 Å². The maximum atomic E-state index is 10.5. The Morgan fingerprint density at radius 3 is 2.92 bits per heavy atom. The zero-order valence-corrected chi connectivity index (χ0v) is 7.86. The van der Waals surface area contributed by atoms with Gasteiger partial charge in [-0.3, -0.25) is 9.48 Å². The molecule has 1 aliphatic carbocycles. The molecule has 1 aliphatic rings. The minimum Gasteiger partial charge on any atom is -0.296 e. The van der Waals surface area contributed by atoms with Crippen molar-refractivity contribution in [3.63, 3.8) is 0 Å². The molecule has 0 atom stereocenters. The molecule has 0 amide bonds. The van der Waals surface area contributed by atoms with Crippen LogP contribution >= 0.6 is 0 Å². The molecule has 0 saturated heterocycles. The molecule has 3 heteroatoms. The standard InChI is InChI=1S/C10H14N2O/c1-2-9-6-8(7-13)11-12(9)10-4-3-5-10/h6-7,10H,2-5H2,1H3. The van der Waals surface area contributed by atoms with Crippen LogP contribution in [0.2, 0.25) is 0 Å². The third-order valence-electron chi connectivity index (χ3n) is 2.74. The zero-order chi connectivity index (χ0) is 9.26. The lowest BCUT2D eigenvalue weighted by atomic mass is 9.93. The van der Waals surface area contributed by atoms with Crippen LogP contribution in [0, 0.1) is 0 Å².